The Bertz CT molecular complexity index is 647. The molecule has 1 N–H and O–H groups in total. The number of nitrogens with zero attached hydrogens (tertiary/aromatic N) is 1. The van der Waals surface area contributed by atoms with Gasteiger partial charge in [-0.3, -0.25) is 19.8 Å². The van der Waals surface area contributed by atoms with E-state index in [1.807, 2.05) is 0 Å². The fraction of sp³-hybridized carbons (Fsp3) is 0.400. The maximum Gasteiger partial charge on any atom is 0.270 e. The van der Waals surface area contributed by atoms with Crippen molar-refractivity contribution < 1.29 is 19.1 Å². The van der Waals surface area contributed by atoms with E-state index in [9.17, 15) is 14.4 Å². The average Bonchev–Trinajstić information content (AvgIpc) is 3.17. The third kappa shape index (κ3) is 1.87. The number of benzene rings is 1. The fourth-order valence-electron chi connectivity index (χ4n) is 3.59. The number of rotatable bonds is 2. The van der Waals surface area contributed by atoms with Crippen molar-refractivity contribution in [3.05, 3.63) is 34.9 Å². The molecule has 0 unspecified atom stereocenters. The highest BCUT2D eigenvalue weighted by Crippen LogP contribution is 2.48. The monoisotopic (exact) mass is 320 g/mol. The summed E-state index contributed by atoms with van der Waals surface area (Å²) >= 11 is 5.77. The van der Waals surface area contributed by atoms with Crippen molar-refractivity contribution in [2.45, 2.75) is 25.0 Å². The molecule has 3 aliphatic heterocycles. The number of hydrogen-bond acceptors (Lipinski definition) is 4. The lowest BCUT2D eigenvalue weighted by molar-refractivity contribution is -0.145. The molecule has 3 amide bonds. The van der Waals surface area contributed by atoms with E-state index in [-0.39, 0.29) is 24.0 Å². The van der Waals surface area contributed by atoms with Crippen LogP contribution in [0.2, 0.25) is 5.02 Å². The van der Waals surface area contributed by atoms with Crippen LogP contribution in [0.1, 0.15) is 23.2 Å². The van der Waals surface area contributed by atoms with E-state index in [2.05, 4.69) is 5.43 Å². The summed E-state index contributed by atoms with van der Waals surface area (Å²) in [6.07, 6.45) is 1.21. The molecule has 3 saturated heterocycles. The second kappa shape index (κ2) is 4.79. The largest absolute Gasteiger partial charge is 0.373 e. The van der Waals surface area contributed by atoms with Gasteiger partial charge < -0.3 is 4.74 Å². The lowest BCUT2D eigenvalue weighted by atomic mass is 9.81. The molecule has 0 aliphatic carbocycles. The molecule has 4 rings (SSSR count). The van der Waals surface area contributed by atoms with Crippen LogP contribution in [0.25, 0.3) is 0 Å². The predicted molar refractivity (Wildman–Crippen MR) is 75.6 cm³/mol. The highest BCUT2D eigenvalue weighted by Gasteiger charge is 2.62. The van der Waals surface area contributed by atoms with Gasteiger partial charge >= 0.3 is 0 Å². The Balaban J connectivity index is 1.54. The van der Waals surface area contributed by atoms with E-state index in [4.69, 9.17) is 16.3 Å². The SMILES string of the molecule is O=C(NN1C(=O)[C@@H]2[C@H](C1=O)[C@H]1CC[C@@H]2O1)c1ccc(Cl)cc1. The Morgan fingerprint density at radius 1 is 1.09 bits per heavy atom. The van der Waals surface area contributed by atoms with Gasteiger partial charge in [-0.15, -0.1) is 0 Å². The summed E-state index contributed by atoms with van der Waals surface area (Å²) in [5.41, 5.74) is 2.74. The van der Waals surface area contributed by atoms with Gasteiger partial charge in [0.05, 0.1) is 24.0 Å². The van der Waals surface area contributed by atoms with Crippen LogP contribution < -0.4 is 5.43 Å². The summed E-state index contributed by atoms with van der Waals surface area (Å²) < 4.78 is 5.64. The molecule has 3 heterocycles. The molecular formula is C15H13ClN2O4. The number of carbonyl (C=O) groups excluding carboxylic acids is 3. The molecule has 114 valence electrons. The van der Waals surface area contributed by atoms with Gasteiger partial charge in [0, 0.05) is 10.6 Å². The first-order valence-corrected chi connectivity index (χ1v) is 7.54. The van der Waals surface area contributed by atoms with E-state index >= 15 is 0 Å². The first-order valence-electron chi connectivity index (χ1n) is 7.16. The Kier molecular flexibility index (Phi) is 2.99. The Morgan fingerprint density at radius 2 is 1.64 bits per heavy atom. The van der Waals surface area contributed by atoms with Crippen molar-refractivity contribution in [2.24, 2.45) is 11.8 Å². The van der Waals surface area contributed by atoms with E-state index in [1.165, 1.54) is 12.1 Å². The number of halogens is 1. The summed E-state index contributed by atoms with van der Waals surface area (Å²) in [4.78, 5) is 37.0. The number of imide groups is 1. The van der Waals surface area contributed by atoms with Gasteiger partial charge in [0.1, 0.15) is 0 Å². The van der Waals surface area contributed by atoms with E-state index in [0.29, 0.717) is 10.6 Å². The highest BCUT2D eigenvalue weighted by molar-refractivity contribution is 6.30. The lowest BCUT2D eigenvalue weighted by Crippen LogP contribution is -2.47. The van der Waals surface area contributed by atoms with Crippen LogP contribution >= 0.6 is 11.6 Å². The molecule has 3 aliphatic rings. The number of hydrazine groups is 1. The topological polar surface area (TPSA) is 75.7 Å². The molecule has 6 nitrogen and oxygen atoms in total. The van der Waals surface area contributed by atoms with Crippen molar-refractivity contribution in [1.29, 1.82) is 0 Å². The molecule has 2 bridgehead atoms. The zero-order valence-electron chi connectivity index (χ0n) is 11.5. The fourth-order valence-corrected chi connectivity index (χ4v) is 3.72. The van der Waals surface area contributed by atoms with Gasteiger partial charge in [-0.25, -0.2) is 0 Å². The summed E-state index contributed by atoms with van der Waals surface area (Å²) in [6, 6.07) is 6.23. The normalized spacial score (nSPS) is 32.5. The minimum Gasteiger partial charge on any atom is -0.373 e. The van der Waals surface area contributed by atoms with Gasteiger partial charge in [0.15, 0.2) is 0 Å². The third-order valence-corrected chi connectivity index (χ3v) is 4.86. The van der Waals surface area contributed by atoms with Crippen LogP contribution in [0, 0.1) is 11.8 Å². The van der Waals surface area contributed by atoms with Gasteiger partial charge in [-0.1, -0.05) is 11.6 Å². The maximum atomic E-state index is 12.4. The Morgan fingerprint density at radius 3 is 2.18 bits per heavy atom. The van der Waals surface area contributed by atoms with Gasteiger partial charge in [-0.2, -0.15) is 5.01 Å². The standard InChI is InChI=1S/C15H13ClN2O4/c16-8-3-1-7(2-4-8)13(19)17-18-14(20)11-9-5-6-10(22-9)12(11)15(18)21/h1-4,9-12H,5-6H2,(H,17,19)/t9-,10+,11-,12+. The van der Waals surface area contributed by atoms with Crippen LogP contribution in [0.5, 0.6) is 0 Å². The first kappa shape index (κ1) is 13.7. The van der Waals surface area contributed by atoms with Gasteiger partial charge in [0.25, 0.3) is 17.7 Å². The Labute approximate surface area is 131 Å². The van der Waals surface area contributed by atoms with Crippen LogP contribution in [0.3, 0.4) is 0 Å². The number of carbonyl (C=O) groups is 3. The molecule has 0 aromatic heterocycles. The first-order chi connectivity index (χ1) is 10.6. The molecule has 1 aromatic rings. The molecule has 0 radical (unpaired) electrons. The predicted octanol–water partition coefficient (Wildman–Crippen LogP) is 1.15. The minimum atomic E-state index is -0.508. The summed E-state index contributed by atoms with van der Waals surface area (Å²) in [7, 11) is 0. The average molecular weight is 321 g/mol. The summed E-state index contributed by atoms with van der Waals surface area (Å²) in [6.45, 7) is 0. The van der Waals surface area contributed by atoms with Crippen LogP contribution in [-0.4, -0.2) is 34.9 Å². The highest BCUT2D eigenvalue weighted by atomic mass is 35.5. The lowest BCUT2D eigenvalue weighted by Gasteiger charge is -2.18. The van der Waals surface area contributed by atoms with Crippen molar-refractivity contribution in [3.63, 3.8) is 0 Å². The van der Waals surface area contributed by atoms with Crippen molar-refractivity contribution >= 4 is 29.3 Å². The van der Waals surface area contributed by atoms with Crippen LogP contribution in [-0.2, 0) is 14.3 Å². The molecular weight excluding hydrogens is 308 g/mol. The number of fused-ring (bicyclic) bond motifs is 5. The number of nitrogens with one attached hydrogen (secondary N) is 1. The second-order valence-corrected chi connectivity index (χ2v) is 6.24. The molecule has 7 heteroatoms. The zero-order chi connectivity index (χ0) is 15.4. The van der Waals surface area contributed by atoms with E-state index in [0.717, 1.165) is 17.9 Å². The molecule has 4 atom stereocenters. The molecule has 0 spiro atoms. The van der Waals surface area contributed by atoms with Crippen LogP contribution in [0.4, 0.5) is 0 Å². The molecule has 22 heavy (non-hydrogen) atoms. The zero-order valence-corrected chi connectivity index (χ0v) is 12.2. The molecule has 0 saturated carbocycles. The van der Waals surface area contributed by atoms with E-state index < -0.39 is 17.7 Å². The number of amides is 3. The second-order valence-electron chi connectivity index (χ2n) is 5.80. The maximum absolute atomic E-state index is 12.4. The van der Waals surface area contributed by atoms with Gasteiger partial charge in [0.2, 0.25) is 0 Å². The molecule has 3 fully saturated rings. The summed E-state index contributed by atoms with van der Waals surface area (Å²) in [5.74, 6) is -2.14. The smallest absolute Gasteiger partial charge is 0.270 e. The van der Waals surface area contributed by atoms with E-state index in [1.54, 1.807) is 12.1 Å². The van der Waals surface area contributed by atoms with Gasteiger partial charge in [-0.05, 0) is 37.1 Å². The quantitative estimate of drug-likeness (QED) is 0.829. The summed E-state index contributed by atoms with van der Waals surface area (Å²) in [5, 5.41) is 1.37. The number of hydrogen-bond donors (Lipinski definition) is 1. The Hall–Kier alpha value is -1.92. The van der Waals surface area contributed by atoms with Crippen molar-refractivity contribution in [3.8, 4) is 0 Å². The van der Waals surface area contributed by atoms with Crippen LogP contribution in [0.15, 0.2) is 24.3 Å². The van der Waals surface area contributed by atoms with Crippen molar-refractivity contribution in [1.82, 2.24) is 10.4 Å². The minimum absolute atomic E-state index is 0.191. The molecule has 1 aromatic carbocycles. The number of ether oxygens (including phenoxy) is 1. The van der Waals surface area contributed by atoms with Crippen molar-refractivity contribution in [2.75, 3.05) is 0 Å². The third-order valence-electron chi connectivity index (χ3n) is 4.60.